The van der Waals surface area contributed by atoms with Gasteiger partial charge in [0.05, 0.1) is 17.1 Å². The Kier molecular flexibility index (Phi) is 3.03. The molecule has 0 fully saturated rings. The molecule has 0 heterocycles. The lowest BCUT2D eigenvalue weighted by molar-refractivity contribution is 0.101. The minimum Gasteiger partial charge on any atom is -0.495 e. The molecule has 0 aliphatic heterocycles. The summed E-state index contributed by atoms with van der Waals surface area (Å²) in [5, 5.41) is 0. The number of halogens is 2. The van der Waals surface area contributed by atoms with Crippen molar-refractivity contribution in [2.75, 3.05) is 7.11 Å². The van der Waals surface area contributed by atoms with Crippen molar-refractivity contribution in [2.45, 2.75) is 6.92 Å². The zero-order valence-electron chi connectivity index (χ0n) is 7.23. The van der Waals surface area contributed by atoms with E-state index in [4.69, 9.17) is 4.74 Å². The SMILES string of the molecule is COc1cc(F)c(C(C)=O)cc1Br. The van der Waals surface area contributed by atoms with Crippen LogP contribution in [-0.2, 0) is 0 Å². The third-order valence-corrected chi connectivity index (χ3v) is 2.24. The van der Waals surface area contributed by atoms with Gasteiger partial charge in [0.1, 0.15) is 11.6 Å². The van der Waals surface area contributed by atoms with E-state index in [1.54, 1.807) is 0 Å². The van der Waals surface area contributed by atoms with Crippen molar-refractivity contribution < 1.29 is 13.9 Å². The van der Waals surface area contributed by atoms with E-state index in [0.717, 1.165) is 0 Å². The predicted molar refractivity (Wildman–Crippen MR) is 50.7 cm³/mol. The number of methoxy groups -OCH3 is 1. The molecule has 70 valence electrons. The van der Waals surface area contributed by atoms with Crippen LogP contribution in [0.15, 0.2) is 16.6 Å². The maximum atomic E-state index is 13.1. The molecular weight excluding hydrogens is 239 g/mol. The molecule has 0 atom stereocenters. The summed E-state index contributed by atoms with van der Waals surface area (Å²) in [6.07, 6.45) is 0. The average molecular weight is 247 g/mol. The molecule has 0 unspecified atom stereocenters. The maximum absolute atomic E-state index is 13.1. The summed E-state index contributed by atoms with van der Waals surface area (Å²) in [5.74, 6) is -0.490. The third kappa shape index (κ3) is 2.06. The molecule has 0 aromatic heterocycles. The van der Waals surface area contributed by atoms with Gasteiger partial charge in [-0.2, -0.15) is 0 Å². The van der Waals surface area contributed by atoms with Gasteiger partial charge < -0.3 is 4.74 Å². The van der Waals surface area contributed by atoms with Crippen molar-refractivity contribution in [1.82, 2.24) is 0 Å². The van der Waals surface area contributed by atoms with E-state index in [2.05, 4.69) is 15.9 Å². The van der Waals surface area contributed by atoms with Gasteiger partial charge in [-0.1, -0.05) is 0 Å². The van der Waals surface area contributed by atoms with Gasteiger partial charge in [0, 0.05) is 6.07 Å². The van der Waals surface area contributed by atoms with Gasteiger partial charge in [0.15, 0.2) is 5.78 Å². The molecule has 0 N–H and O–H groups in total. The molecule has 0 bridgehead atoms. The Morgan fingerprint density at radius 3 is 2.62 bits per heavy atom. The van der Waals surface area contributed by atoms with Crippen molar-refractivity contribution in [2.24, 2.45) is 0 Å². The van der Waals surface area contributed by atoms with Crippen molar-refractivity contribution in [3.05, 3.63) is 28.0 Å². The smallest absolute Gasteiger partial charge is 0.162 e. The highest BCUT2D eigenvalue weighted by Crippen LogP contribution is 2.27. The fourth-order valence-corrected chi connectivity index (χ4v) is 1.46. The second-order valence-corrected chi connectivity index (χ2v) is 3.38. The number of carbonyl (C=O) groups excluding carboxylic acids is 1. The molecule has 0 spiro atoms. The van der Waals surface area contributed by atoms with E-state index in [9.17, 15) is 9.18 Å². The molecule has 13 heavy (non-hydrogen) atoms. The maximum Gasteiger partial charge on any atom is 0.162 e. The molecule has 0 saturated carbocycles. The van der Waals surface area contributed by atoms with Crippen LogP contribution >= 0.6 is 15.9 Å². The highest BCUT2D eigenvalue weighted by Gasteiger charge is 2.11. The van der Waals surface area contributed by atoms with E-state index < -0.39 is 5.82 Å². The summed E-state index contributed by atoms with van der Waals surface area (Å²) >= 11 is 3.17. The van der Waals surface area contributed by atoms with Crippen LogP contribution in [-0.4, -0.2) is 12.9 Å². The van der Waals surface area contributed by atoms with Gasteiger partial charge in [-0.05, 0) is 28.9 Å². The minimum absolute atomic E-state index is 0.0627. The number of carbonyl (C=O) groups is 1. The molecule has 0 amide bonds. The van der Waals surface area contributed by atoms with Crippen molar-refractivity contribution in [3.63, 3.8) is 0 Å². The Morgan fingerprint density at radius 1 is 1.54 bits per heavy atom. The first-order valence-electron chi connectivity index (χ1n) is 3.60. The first-order valence-corrected chi connectivity index (χ1v) is 4.39. The number of rotatable bonds is 2. The van der Waals surface area contributed by atoms with Crippen LogP contribution in [0.1, 0.15) is 17.3 Å². The number of ketones is 1. The lowest BCUT2D eigenvalue weighted by atomic mass is 10.1. The standard InChI is InChI=1S/C9H8BrFO2/c1-5(12)6-3-7(10)9(13-2)4-8(6)11/h3-4H,1-2H3. The second kappa shape index (κ2) is 3.87. The van der Waals surface area contributed by atoms with Gasteiger partial charge in [-0.3, -0.25) is 4.79 Å². The lowest BCUT2D eigenvalue weighted by Crippen LogP contribution is -1.98. The van der Waals surface area contributed by atoms with Gasteiger partial charge >= 0.3 is 0 Å². The Balaban J connectivity index is 3.28. The van der Waals surface area contributed by atoms with Crippen molar-refractivity contribution in [3.8, 4) is 5.75 Å². The first-order chi connectivity index (χ1) is 6.06. The van der Waals surface area contributed by atoms with Crippen LogP contribution in [0, 0.1) is 5.82 Å². The van der Waals surface area contributed by atoms with Crippen molar-refractivity contribution >= 4 is 21.7 Å². The zero-order chi connectivity index (χ0) is 10.0. The minimum atomic E-state index is -0.562. The van der Waals surface area contributed by atoms with Gasteiger partial charge in [0.2, 0.25) is 0 Å². The molecule has 2 nitrogen and oxygen atoms in total. The van der Waals surface area contributed by atoms with Crippen molar-refractivity contribution in [1.29, 1.82) is 0 Å². The summed E-state index contributed by atoms with van der Waals surface area (Å²) in [5.41, 5.74) is 0.0627. The van der Waals surface area contributed by atoms with E-state index in [1.807, 2.05) is 0 Å². The van der Waals surface area contributed by atoms with Gasteiger partial charge in [-0.15, -0.1) is 0 Å². The molecule has 1 rings (SSSR count). The van der Waals surface area contributed by atoms with Gasteiger partial charge in [-0.25, -0.2) is 4.39 Å². The average Bonchev–Trinajstić information content (AvgIpc) is 2.07. The third-order valence-electron chi connectivity index (χ3n) is 1.62. The molecule has 1 aromatic rings. The molecule has 0 aliphatic rings. The largest absolute Gasteiger partial charge is 0.495 e. The molecule has 0 aliphatic carbocycles. The first kappa shape index (κ1) is 10.2. The summed E-state index contributed by atoms with van der Waals surface area (Å²) in [7, 11) is 1.44. The molecule has 1 aromatic carbocycles. The Morgan fingerprint density at radius 2 is 2.15 bits per heavy atom. The van der Waals surface area contributed by atoms with E-state index >= 15 is 0 Å². The second-order valence-electron chi connectivity index (χ2n) is 2.52. The molecule has 4 heteroatoms. The Labute approximate surface area is 83.8 Å². The molecular formula is C9H8BrFO2. The number of hydrogen-bond acceptors (Lipinski definition) is 2. The van der Waals surface area contributed by atoms with Gasteiger partial charge in [0.25, 0.3) is 0 Å². The van der Waals surface area contributed by atoms with Crippen LogP contribution in [0.25, 0.3) is 0 Å². The zero-order valence-corrected chi connectivity index (χ0v) is 8.81. The number of hydrogen-bond donors (Lipinski definition) is 0. The Bertz CT molecular complexity index is 350. The van der Waals surface area contributed by atoms with Crippen LogP contribution in [0.4, 0.5) is 4.39 Å². The molecule has 0 saturated heterocycles. The summed E-state index contributed by atoms with van der Waals surface area (Å²) < 4.78 is 18.6. The van der Waals surface area contributed by atoms with Crippen LogP contribution in [0.2, 0.25) is 0 Å². The fourth-order valence-electron chi connectivity index (χ4n) is 0.955. The summed E-state index contributed by atoms with van der Waals surface area (Å²) in [6, 6.07) is 2.59. The highest BCUT2D eigenvalue weighted by atomic mass is 79.9. The summed E-state index contributed by atoms with van der Waals surface area (Å²) in [6.45, 7) is 1.32. The number of benzene rings is 1. The van der Waals surface area contributed by atoms with E-state index in [-0.39, 0.29) is 11.3 Å². The fraction of sp³-hybridized carbons (Fsp3) is 0.222. The van der Waals surface area contributed by atoms with E-state index in [0.29, 0.717) is 10.2 Å². The molecule has 0 radical (unpaired) electrons. The van der Waals surface area contributed by atoms with Crippen LogP contribution in [0.5, 0.6) is 5.75 Å². The summed E-state index contributed by atoms with van der Waals surface area (Å²) in [4.78, 5) is 10.9. The van der Waals surface area contributed by atoms with E-state index in [1.165, 1.54) is 26.2 Å². The van der Waals surface area contributed by atoms with Crippen LogP contribution < -0.4 is 4.74 Å². The normalized spacial score (nSPS) is 9.85. The number of ether oxygens (including phenoxy) is 1. The topological polar surface area (TPSA) is 26.3 Å². The van der Waals surface area contributed by atoms with Crippen LogP contribution in [0.3, 0.4) is 0 Å². The lowest BCUT2D eigenvalue weighted by Gasteiger charge is -2.05. The monoisotopic (exact) mass is 246 g/mol. The number of Topliss-reactive ketones (excluding diaryl/α,β-unsaturated/α-hetero) is 1. The quantitative estimate of drug-likeness (QED) is 0.751. The Hall–Kier alpha value is -0.900. The highest BCUT2D eigenvalue weighted by molar-refractivity contribution is 9.10. The predicted octanol–water partition coefficient (Wildman–Crippen LogP) is 2.80.